The van der Waals surface area contributed by atoms with Gasteiger partial charge in [-0.3, -0.25) is 9.48 Å². The number of ether oxygens (including phenoxy) is 1. The summed E-state index contributed by atoms with van der Waals surface area (Å²) in [6.45, 7) is 2.90. The average Bonchev–Trinajstić information content (AvgIpc) is 3.24. The number of carbonyl (C=O) groups is 2. The van der Waals surface area contributed by atoms with Gasteiger partial charge >= 0.3 is 5.97 Å². The smallest absolute Gasteiger partial charge is 0.338 e. The van der Waals surface area contributed by atoms with Crippen molar-refractivity contribution >= 4 is 23.6 Å². The highest BCUT2D eigenvalue weighted by Crippen LogP contribution is 2.17. The molecular formula is C22H23N3O3S. The molecule has 1 aromatic heterocycles. The van der Waals surface area contributed by atoms with Crippen LogP contribution in [-0.4, -0.2) is 40.6 Å². The van der Waals surface area contributed by atoms with Gasteiger partial charge in [0.2, 0.25) is 0 Å². The Morgan fingerprint density at radius 1 is 1.10 bits per heavy atom. The van der Waals surface area contributed by atoms with E-state index in [1.807, 2.05) is 31.3 Å². The number of hydrogen-bond donors (Lipinski definition) is 1. The molecule has 0 atom stereocenters. The highest BCUT2D eigenvalue weighted by Gasteiger charge is 2.10. The molecule has 0 fully saturated rings. The maximum absolute atomic E-state index is 12.1. The van der Waals surface area contributed by atoms with Gasteiger partial charge < -0.3 is 10.1 Å². The predicted molar refractivity (Wildman–Crippen MR) is 113 cm³/mol. The molecule has 0 saturated heterocycles. The molecule has 1 amide bonds. The third-order valence-corrected chi connectivity index (χ3v) is 5.16. The van der Waals surface area contributed by atoms with Gasteiger partial charge in [0.05, 0.1) is 12.1 Å². The van der Waals surface area contributed by atoms with E-state index in [1.165, 1.54) is 5.56 Å². The normalized spacial score (nSPS) is 10.5. The van der Waals surface area contributed by atoms with Crippen molar-refractivity contribution in [1.29, 1.82) is 0 Å². The van der Waals surface area contributed by atoms with Gasteiger partial charge in [-0.15, -0.1) is 11.8 Å². The van der Waals surface area contributed by atoms with Crippen molar-refractivity contribution in [2.75, 3.05) is 18.9 Å². The molecule has 1 heterocycles. The second-order valence-electron chi connectivity index (χ2n) is 6.49. The molecule has 0 radical (unpaired) electrons. The largest absolute Gasteiger partial charge is 0.452 e. The fraction of sp³-hybridized carbons (Fsp3) is 0.227. The van der Waals surface area contributed by atoms with Crippen molar-refractivity contribution in [1.82, 2.24) is 15.1 Å². The summed E-state index contributed by atoms with van der Waals surface area (Å²) in [6.07, 6.45) is 3.60. The third-order valence-electron chi connectivity index (χ3n) is 4.14. The van der Waals surface area contributed by atoms with E-state index in [4.69, 9.17) is 4.74 Å². The van der Waals surface area contributed by atoms with Crippen LogP contribution in [0.5, 0.6) is 0 Å². The lowest BCUT2D eigenvalue weighted by molar-refractivity contribution is -0.124. The van der Waals surface area contributed by atoms with Crippen molar-refractivity contribution in [3.05, 3.63) is 83.7 Å². The molecule has 0 aliphatic carbocycles. The van der Waals surface area contributed by atoms with E-state index in [0.717, 1.165) is 16.2 Å². The molecule has 6 nitrogen and oxygen atoms in total. The Hall–Kier alpha value is -3.06. The second-order valence-corrected chi connectivity index (χ2v) is 7.66. The molecule has 3 rings (SSSR count). The van der Waals surface area contributed by atoms with Crippen molar-refractivity contribution in [3.63, 3.8) is 0 Å². The fourth-order valence-corrected chi connectivity index (χ4v) is 3.35. The maximum atomic E-state index is 12.1. The molecular weight excluding hydrogens is 386 g/mol. The fourth-order valence-electron chi connectivity index (χ4n) is 2.59. The SMILES string of the molecule is Cc1ccc(SCCNC(=O)COC(=O)c2ccc(Cn3cccn3)cc2)cc1. The van der Waals surface area contributed by atoms with Crippen LogP contribution in [-0.2, 0) is 16.1 Å². The van der Waals surface area contributed by atoms with Gasteiger partial charge in [-0.25, -0.2) is 4.79 Å². The van der Waals surface area contributed by atoms with E-state index in [2.05, 4.69) is 34.7 Å². The van der Waals surface area contributed by atoms with Crippen LogP contribution in [0.1, 0.15) is 21.5 Å². The van der Waals surface area contributed by atoms with E-state index < -0.39 is 5.97 Å². The summed E-state index contributed by atoms with van der Waals surface area (Å²) in [5.41, 5.74) is 2.66. The molecule has 29 heavy (non-hydrogen) atoms. The number of nitrogens with zero attached hydrogens (tertiary/aromatic N) is 2. The van der Waals surface area contributed by atoms with Gasteiger partial charge in [-0.2, -0.15) is 5.10 Å². The summed E-state index contributed by atoms with van der Waals surface area (Å²) in [4.78, 5) is 25.1. The van der Waals surface area contributed by atoms with Crippen LogP contribution in [0.4, 0.5) is 0 Å². The lowest BCUT2D eigenvalue weighted by atomic mass is 10.1. The quantitative estimate of drug-likeness (QED) is 0.333. The number of carbonyl (C=O) groups excluding carboxylic acids is 2. The van der Waals surface area contributed by atoms with Gasteiger partial charge in [0.1, 0.15) is 0 Å². The van der Waals surface area contributed by atoms with E-state index in [9.17, 15) is 9.59 Å². The second kappa shape index (κ2) is 10.5. The van der Waals surface area contributed by atoms with Crippen molar-refractivity contribution < 1.29 is 14.3 Å². The van der Waals surface area contributed by atoms with E-state index in [1.54, 1.807) is 34.8 Å². The highest BCUT2D eigenvalue weighted by molar-refractivity contribution is 7.99. The molecule has 1 N–H and O–H groups in total. The van der Waals surface area contributed by atoms with Crippen LogP contribution < -0.4 is 5.32 Å². The van der Waals surface area contributed by atoms with Gasteiger partial charge in [0, 0.05) is 29.6 Å². The summed E-state index contributed by atoms with van der Waals surface area (Å²) in [5, 5.41) is 6.91. The van der Waals surface area contributed by atoms with Crippen LogP contribution in [0, 0.1) is 6.92 Å². The number of rotatable bonds is 9. The molecule has 0 spiro atoms. The number of aromatic nitrogens is 2. The summed E-state index contributed by atoms with van der Waals surface area (Å²) in [5.74, 6) is -0.0709. The molecule has 7 heteroatoms. The highest BCUT2D eigenvalue weighted by atomic mass is 32.2. The van der Waals surface area contributed by atoms with Gasteiger partial charge in [-0.1, -0.05) is 29.8 Å². The Labute approximate surface area is 174 Å². The number of nitrogens with one attached hydrogen (secondary N) is 1. The molecule has 2 aromatic carbocycles. The van der Waals surface area contributed by atoms with Crippen LogP contribution in [0.3, 0.4) is 0 Å². The first-order valence-corrected chi connectivity index (χ1v) is 10.3. The summed E-state index contributed by atoms with van der Waals surface area (Å²) < 4.78 is 6.89. The zero-order valence-electron chi connectivity index (χ0n) is 16.2. The van der Waals surface area contributed by atoms with Gasteiger partial charge in [0.25, 0.3) is 5.91 Å². The minimum atomic E-state index is -0.514. The number of amides is 1. The first kappa shape index (κ1) is 20.7. The molecule has 150 valence electrons. The predicted octanol–water partition coefficient (Wildman–Crippen LogP) is 3.31. The molecule has 0 unspecified atom stereocenters. The third kappa shape index (κ3) is 6.80. The van der Waals surface area contributed by atoms with Crippen LogP contribution in [0.15, 0.2) is 71.9 Å². The Balaban J connectivity index is 1.35. The zero-order valence-corrected chi connectivity index (χ0v) is 17.0. The lowest BCUT2D eigenvalue weighted by Crippen LogP contribution is -2.30. The lowest BCUT2D eigenvalue weighted by Gasteiger charge is -2.07. The molecule has 0 saturated carbocycles. The summed E-state index contributed by atoms with van der Waals surface area (Å²) in [7, 11) is 0. The minimum Gasteiger partial charge on any atom is -0.452 e. The standard InChI is InChI=1S/C22H23N3O3S/c1-17-3-9-20(10-4-17)29-14-12-23-21(26)16-28-22(27)19-7-5-18(6-8-19)15-25-13-2-11-24-25/h2-11,13H,12,14-16H2,1H3,(H,23,26). The van der Waals surface area contributed by atoms with E-state index >= 15 is 0 Å². The monoisotopic (exact) mass is 409 g/mol. The van der Waals surface area contributed by atoms with Crippen LogP contribution in [0.25, 0.3) is 0 Å². The minimum absolute atomic E-state index is 0.289. The number of hydrogen-bond acceptors (Lipinski definition) is 5. The van der Waals surface area contributed by atoms with E-state index in [-0.39, 0.29) is 12.5 Å². The number of esters is 1. The van der Waals surface area contributed by atoms with Crippen LogP contribution >= 0.6 is 11.8 Å². The Morgan fingerprint density at radius 3 is 2.55 bits per heavy atom. The summed E-state index contributed by atoms with van der Waals surface area (Å²) >= 11 is 1.67. The van der Waals surface area contributed by atoms with Crippen LogP contribution in [0.2, 0.25) is 0 Å². The molecule has 0 bridgehead atoms. The van der Waals surface area contributed by atoms with Gasteiger partial charge in [-0.05, 0) is 42.8 Å². The van der Waals surface area contributed by atoms with E-state index in [0.29, 0.717) is 18.7 Å². The molecule has 3 aromatic rings. The average molecular weight is 410 g/mol. The number of benzene rings is 2. The van der Waals surface area contributed by atoms with Crippen molar-refractivity contribution in [3.8, 4) is 0 Å². The van der Waals surface area contributed by atoms with Crippen molar-refractivity contribution in [2.24, 2.45) is 0 Å². The molecule has 0 aliphatic rings. The molecule has 0 aliphatic heterocycles. The summed E-state index contributed by atoms with van der Waals surface area (Å²) in [6, 6.07) is 17.2. The number of thioether (sulfide) groups is 1. The topological polar surface area (TPSA) is 73.2 Å². The zero-order chi connectivity index (χ0) is 20.5. The Bertz CT molecular complexity index is 923. The van der Waals surface area contributed by atoms with Crippen molar-refractivity contribution in [2.45, 2.75) is 18.4 Å². The van der Waals surface area contributed by atoms with Gasteiger partial charge in [0.15, 0.2) is 6.61 Å². The Morgan fingerprint density at radius 2 is 1.86 bits per heavy atom. The maximum Gasteiger partial charge on any atom is 0.338 e. The Kier molecular flexibility index (Phi) is 7.47. The number of aryl methyl sites for hydroxylation is 1. The first-order chi connectivity index (χ1) is 14.1. The first-order valence-electron chi connectivity index (χ1n) is 9.30.